The van der Waals surface area contributed by atoms with Crippen molar-refractivity contribution in [3.8, 4) is 5.75 Å². The lowest BCUT2D eigenvalue weighted by molar-refractivity contribution is -0.136. The van der Waals surface area contributed by atoms with E-state index in [1.807, 2.05) is 66.7 Å². The molecule has 1 aliphatic rings. The van der Waals surface area contributed by atoms with Crippen molar-refractivity contribution in [1.29, 1.82) is 0 Å². The van der Waals surface area contributed by atoms with E-state index >= 15 is 0 Å². The van der Waals surface area contributed by atoms with Crippen LogP contribution in [0.25, 0.3) is 16.5 Å². The topological polar surface area (TPSA) is 76.7 Å². The van der Waals surface area contributed by atoms with Crippen molar-refractivity contribution in [3.63, 3.8) is 0 Å². The summed E-state index contributed by atoms with van der Waals surface area (Å²) in [6.45, 7) is 0. The van der Waals surface area contributed by atoms with Gasteiger partial charge in [0.15, 0.2) is 0 Å². The van der Waals surface area contributed by atoms with E-state index in [-0.39, 0.29) is 0 Å². The highest BCUT2D eigenvalue weighted by molar-refractivity contribution is 6.06. The zero-order valence-corrected chi connectivity index (χ0v) is 16.1. The SMILES string of the molecule is COC(=O)C1=C(c2ccccc2)NC(=O)NC1c1c(OC)ccc2ccccc12. The van der Waals surface area contributed by atoms with Crippen LogP contribution < -0.4 is 15.4 Å². The average molecular weight is 388 g/mol. The summed E-state index contributed by atoms with van der Waals surface area (Å²) in [4.78, 5) is 25.4. The number of rotatable bonds is 4. The molecule has 1 aliphatic heterocycles. The molecule has 2 N–H and O–H groups in total. The third-order valence-corrected chi connectivity index (χ3v) is 4.98. The Bertz CT molecular complexity index is 1120. The molecule has 6 nitrogen and oxygen atoms in total. The summed E-state index contributed by atoms with van der Waals surface area (Å²) in [5, 5.41) is 7.50. The van der Waals surface area contributed by atoms with E-state index in [0.717, 1.165) is 10.8 Å². The minimum Gasteiger partial charge on any atom is -0.496 e. The molecule has 29 heavy (non-hydrogen) atoms. The first-order valence-corrected chi connectivity index (χ1v) is 9.15. The number of hydrogen-bond donors (Lipinski definition) is 2. The molecule has 1 heterocycles. The summed E-state index contributed by atoms with van der Waals surface area (Å²) in [5.41, 5.74) is 2.15. The van der Waals surface area contributed by atoms with Gasteiger partial charge in [0.1, 0.15) is 5.75 Å². The molecule has 1 atom stereocenters. The second-order valence-corrected chi connectivity index (χ2v) is 6.58. The van der Waals surface area contributed by atoms with Crippen LogP contribution in [0.2, 0.25) is 0 Å². The first-order chi connectivity index (χ1) is 14.1. The maximum absolute atomic E-state index is 12.9. The molecule has 6 heteroatoms. The molecule has 0 aliphatic carbocycles. The predicted molar refractivity (Wildman–Crippen MR) is 110 cm³/mol. The number of ether oxygens (including phenoxy) is 2. The van der Waals surface area contributed by atoms with Gasteiger partial charge in [-0.1, -0.05) is 60.7 Å². The molecule has 4 rings (SSSR count). The Morgan fingerprint density at radius 1 is 0.931 bits per heavy atom. The van der Waals surface area contributed by atoms with Crippen molar-refractivity contribution in [2.75, 3.05) is 14.2 Å². The summed E-state index contributed by atoms with van der Waals surface area (Å²) in [5.74, 6) is 0.0426. The number of amides is 2. The molecular weight excluding hydrogens is 368 g/mol. The zero-order chi connectivity index (χ0) is 20.4. The largest absolute Gasteiger partial charge is 0.496 e. The number of urea groups is 1. The highest BCUT2D eigenvalue weighted by atomic mass is 16.5. The number of methoxy groups -OCH3 is 2. The van der Waals surface area contributed by atoms with Gasteiger partial charge in [-0.3, -0.25) is 0 Å². The maximum Gasteiger partial charge on any atom is 0.338 e. The number of nitrogens with one attached hydrogen (secondary N) is 2. The van der Waals surface area contributed by atoms with Crippen LogP contribution in [-0.2, 0) is 9.53 Å². The van der Waals surface area contributed by atoms with Crippen molar-refractivity contribution in [3.05, 3.63) is 83.4 Å². The molecule has 1 unspecified atom stereocenters. The molecule has 3 aromatic carbocycles. The number of fused-ring (bicyclic) bond motifs is 1. The zero-order valence-electron chi connectivity index (χ0n) is 16.1. The van der Waals surface area contributed by atoms with Crippen LogP contribution >= 0.6 is 0 Å². The summed E-state index contributed by atoms with van der Waals surface area (Å²) in [7, 11) is 2.89. The molecule has 0 bridgehead atoms. The summed E-state index contributed by atoms with van der Waals surface area (Å²) < 4.78 is 10.7. The molecule has 0 spiro atoms. The quantitative estimate of drug-likeness (QED) is 0.667. The average Bonchev–Trinajstić information content (AvgIpc) is 2.77. The van der Waals surface area contributed by atoms with Crippen molar-refractivity contribution >= 4 is 28.5 Å². The fourth-order valence-corrected chi connectivity index (χ4v) is 3.69. The number of carbonyl (C=O) groups excluding carboxylic acids is 2. The van der Waals surface area contributed by atoms with E-state index in [1.54, 1.807) is 7.11 Å². The number of carbonyl (C=O) groups is 2. The van der Waals surface area contributed by atoms with Gasteiger partial charge >= 0.3 is 12.0 Å². The van der Waals surface area contributed by atoms with Gasteiger partial charge in [-0.25, -0.2) is 9.59 Å². The van der Waals surface area contributed by atoms with Gasteiger partial charge in [0.05, 0.1) is 31.5 Å². The van der Waals surface area contributed by atoms with Crippen LogP contribution in [0.4, 0.5) is 4.79 Å². The summed E-state index contributed by atoms with van der Waals surface area (Å²) >= 11 is 0. The van der Waals surface area contributed by atoms with Gasteiger partial charge in [-0.05, 0) is 22.4 Å². The summed E-state index contributed by atoms with van der Waals surface area (Å²) in [6, 6.07) is 19.6. The molecule has 146 valence electrons. The Kier molecular flexibility index (Phi) is 4.91. The van der Waals surface area contributed by atoms with Crippen LogP contribution in [0.15, 0.2) is 72.3 Å². The van der Waals surface area contributed by atoms with Crippen molar-refractivity contribution in [1.82, 2.24) is 10.6 Å². The highest BCUT2D eigenvalue weighted by Crippen LogP contribution is 2.40. The lowest BCUT2D eigenvalue weighted by Gasteiger charge is -2.31. The molecule has 0 saturated heterocycles. The van der Waals surface area contributed by atoms with Crippen molar-refractivity contribution in [2.45, 2.75) is 6.04 Å². The van der Waals surface area contributed by atoms with Crippen LogP contribution in [0, 0.1) is 0 Å². The second kappa shape index (κ2) is 7.67. The van der Waals surface area contributed by atoms with E-state index < -0.39 is 18.0 Å². The summed E-state index contributed by atoms with van der Waals surface area (Å²) in [6.07, 6.45) is 0. The van der Waals surface area contributed by atoms with Crippen LogP contribution in [0.1, 0.15) is 17.2 Å². The third-order valence-electron chi connectivity index (χ3n) is 4.98. The molecule has 0 radical (unpaired) electrons. The fraction of sp³-hybridized carbons (Fsp3) is 0.130. The fourth-order valence-electron chi connectivity index (χ4n) is 3.69. The number of benzene rings is 3. The Labute approximate surface area is 168 Å². The molecule has 0 saturated carbocycles. The molecule has 2 amide bonds. The van der Waals surface area contributed by atoms with Gasteiger partial charge in [-0.15, -0.1) is 0 Å². The Balaban J connectivity index is 2.03. The van der Waals surface area contributed by atoms with Crippen LogP contribution in [-0.4, -0.2) is 26.2 Å². The first-order valence-electron chi connectivity index (χ1n) is 9.15. The van der Waals surface area contributed by atoms with E-state index in [0.29, 0.717) is 28.1 Å². The first kappa shape index (κ1) is 18.6. The Morgan fingerprint density at radius 3 is 2.38 bits per heavy atom. The highest BCUT2D eigenvalue weighted by Gasteiger charge is 2.36. The van der Waals surface area contributed by atoms with E-state index in [9.17, 15) is 9.59 Å². The third kappa shape index (κ3) is 3.29. The minimum atomic E-state index is -0.743. The molecule has 0 aromatic heterocycles. The molecule has 3 aromatic rings. The lowest BCUT2D eigenvalue weighted by atomic mass is 9.89. The standard InChI is InChI=1S/C23H20N2O4/c1-28-17-13-12-14-8-6-7-11-16(14)18(17)21-19(22(26)29-2)20(24-23(27)25-21)15-9-4-3-5-10-15/h3-13,21H,1-2H3,(H2,24,25,27). The molecule has 0 fully saturated rings. The number of esters is 1. The van der Waals surface area contributed by atoms with Gasteiger partial charge in [0, 0.05) is 5.56 Å². The minimum absolute atomic E-state index is 0.313. The van der Waals surface area contributed by atoms with E-state index in [4.69, 9.17) is 9.47 Å². The molecular formula is C23H20N2O4. The smallest absolute Gasteiger partial charge is 0.338 e. The van der Waals surface area contributed by atoms with Gasteiger partial charge < -0.3 is 20.1 Å². The van der Waals surface area contributed by atoms with E-state index in [2.05, 4.69) is 10.6 Å². The van der Waals surface area contributed by atoms with E-state index in [1.165, 1.54) is 7.11 Å². The second-order valence-electron chi connectivity index (χ2n) is 6.58. The van der Waals surface area contributed by atoms with Gasteiger partial charge in [0.25, 0.3) is 0 Å². The predicted octanol–water partition coefficient (Wildman–Crippen LogP) is 3.79. The Morgan fingerprint density at radius 2 is 1.66 bits per heavy atom. The monoisotopic (exact) mass is 388 g/mol. The normalized spacial score (nSPS) is 16.2. The lowest BCUT2D eigenvalue weighted by Crippen LogP contribution is -2.45. The van der Waals surface area contributed by atoms with Crippen LogP contribution in [0.3, 0.4) is 0 Å². The Hall–Kier alpha value is -3.80. The van der Waals surface area contributed by atoms with Crippen LogP contribution in [0.5, 0.6) is 5.75 Å². The maximum atomic E-state index is 12.9. The van der Waals surface area contributed by atoms with Gasteiger partial charge in [-0.2, -0.15) is 0 Å². The van der Waals surface area contributed by atoms with Crippen molar-refractivity contribution in [2.24, 2.45) is 0 Å². The number of hydrogen-bond acceptors (Lipinski definition) is 4. The van der Waals surface area contributed by atoms with Gasteiger partial charge in [0.2, 0.25) is 0 Å². The van der Waals surface area contributed by atoms with Crippen molar-refractivity contribution < 1.29 is 19.1 Å².